The normalized spacial score (nSPS) is 12.5. The molecule has 0 aliphatic carbocycles. The van der Waals surface area contributed by atoms with Crippen molar-refractivity contribution in [1.82, 2.24) is 24.6 Å². The lowest BCUT2D eigenvalue weighted by atomic mass is 10.2. The molecule has 1 amide bonds. The predicted octanol–water partition coefficient (Wildman–Crippen LogP) is 2.70. The van der Waals surface area contributed by atoms with Crippen molar-refractivity contribution >= 4 is 16.9 Å². The molecule has 132 valence electrons. The van der Waals surface area contributed by atoms with Gasteiger partial charge < -0.3 is 9.88 Å². The number of amides is 1. The molecule has 0 fully saturated rings. The van der Waals surface area contributed by atoms with Gasteiger partial charge in [-0.1, -0.05) is 12.1 Å². The second-order valence-corrected chi connectivity index (χ2v) is 6.52. The molecule has 2 heterocycles. The maximum Gasteiger partial charge on any atom is 0.244 e. The van der Waals surface area contributed by atoms with Crippen molar-refractivity contribution in [2.24, 2.45) is 7.05 Å². The van der Waals surface area contributed by atoms with E-state index < -0.39 is 0 Å². The molecular weight excluding hydrogens is 314 g/mol. The second kappa shape index (κ2) is 7.09. The zero-order valence-electron chi connectivity index (χ0n) is 15.3. The maximum atomic E-state index is 12.3. The number of aromatic nitrogens is 4. The zero-order valence-corrected chi connectivity index (χ0v) is 15.3. The van der Waals surface area contributed by atoms with Crippen LogP contribution < -0.4 is 5.32 Å². The molecule has 0 aliphatic heterocycles. The highest BCUT2D eigenvalue weighted by molar-refractivity contribution is 5.79. The Balaban J connectivity index is 1.53. The number of fused-ring (bicyclic) bond motifs is 1. The van der Waals surface area contributed by atoms with Crippen molar-refractivity contribution in [1.29, 1.82) is 0 Å². The van der Waals surface area contributed by atoms with E-state index >= 15 is 0 Å². The van der Waals surface area contributed by atoms with Gasteiger partial charge >= 0.3 is 0 Å². The average molecular weight is 339 g/mol. The van der Waals surface area contributed by atoms with Crippen LogP contribution in [0.2, 0.25) is 0 Å². The molecular formula is C19H25N5O. The van der Waals surface area contributed by atoms with Crippen LogP contribution in [0.1, 0.15) is 36.6 Å². The highest BCUT2D eigenvalue weighted by Gasteiger charge is 2.17. The van der Waals surface area contributed by atoms with E-state index in [1.54, 1.807) is 4.68 Å². The summed E-state index contributed by atoms with van der Waals surface area (Å²) in [6.45, 7) is 6.41. The Morgan fingerprint density at radius 1 is 1.28 bits per heavy atom. The van der Waals surface area contributed by atoms with E-state index in [2.05, 4.69) is 26.0 Å². The third-order valence-corrected chi connectivity index (χ3v) is 4.55. The standard InChI is InChI=1S/C19H25N5O/c1-13-12-14(2)24(22-13)15(3)19(25)20-11-7-10-18-21-16-8-5-6-9-17(16)23(18)4/h5-6,8-9,12,15H,7,10-11H2,1-4H3,(H,20,25)/t15-/m1/s1. The molecule has 0 bridgehead atoms. The van der Waals surface area contributed by atoms with Crippen LogP contribution in [0.4, 0.5) is 0 Å². The topological polar surface area (TPSA) is 64.7 Å². The SMILES string of the molecule is Cc1cc(C)n([C@H](C)C(=O)NCCCc2nc3ccccc3n2C)n1. The fourth-order valence-electron chi connectivity index (χ4n) is 3.17. The molecule has 1 N–H and O–H groups in total. The number of carbonyl (C=O) groups is 1. The smallest absolute Gasteiger partial charge is 0.244 e. The van der Waals surface area contributed by atoms with Gasteiger partial charge in [0, 0.05) is 25.7 Å². The van der Waals surface area contributed by atoms with Gasteiger partial charge in [0.1, 0.15) is 11.9 Å². The summed E-state index contributed by atoms with van der Waals surface area (Å²) in [6.07, 6.45) is 1.69. The molecule has 6 heteroatoms. The molecule has 1 atom stereocenters. The van der Waals surface area contributed by atoms with Crippen LogP contribution >= 0.6 is 0 Å². The van der Waals surface area contributed by atoms with Gasteiger partial charge in [-0.2, -0.15) is 5.10 Å². The number of hydrogen-bond donors (Lipinski definition) is 1. The molecule has 0 saturated carbocycles. The third kappa shape index (κ3) is 3.57. The van der Waals surface area contributed by atoms with Gasteiger partial charge in [0.2, 0.25) is 5.91 Å². The first-order valence-electron chi connectivity index (χ1n) is 8.68. The molecule has 25 heavy (non-hydrogen) atoms. The fourth-order valence-corrected chi connectivity index (χ4v) is 3.17. The lowest BCUT2D eigenvalue weighted by Gasteiger charge is -2.14. The van der Waals surface area contributed by atoms with Crippen LogP contribution in [0, 0.1) is 13.8 Å². The van der Waals surface area contributed by atoms with E-state index in [9.17, 15) is 4.79 Å². The summed E-state index contributed by atoms with van der Waals surface area (Å²) in [7, 11) is 2.04. The first-order chi connectivity index (χ1) is 12.0. The number of nitrogens with one attached hydrogen (secondary N) is 1. The van der Waals surface area contributed by atoms with Crippen LogP contribution in [-0.4, -0.2) is 31.8 Å². The second-order valence-electron chi connectivity index (χ2n) is 6.52. The van der Waals surface area contributed by atoms with Gasteiger partial charge in [-0.05, 0) is 45.4 Å². The van der Waals surface area contributed by atoms with Gasteiger partial charge in [0.05, 0.1) is 16.7 Å². The number of rotatable bonds is 6. The monoisotopic (exact) mass is 339 g/mol. The van der Waals surface area contributed by atoms with Gasteiger partial charge in [-0.3, -0.25) is 9.48 Å². The number of aryl methyl sites for hydroxylation is 4. The Labute approximate surface area is 147 Å². The molecule has 0 radical (unpaired) electrons. The van der Waals surface area contributed by atoms with Gasteiger partial charge in [0.15, 0.2) is 0 Å². The van der Waals surface area contributed by atoms with Crippen LogP contribution in [0.15, 0.2) is 30.3 Å². The third-order valence-electron chi connectivity index (χ3n) is 4.55. The largest absolute Gasteiger partial charge is 0.354 e. The van der Waals surface area contributed by atoms with Crippen molar-refractivity contribution in [2.45, 2.75) is 39.7 Å². The molecule has 0 aliphatic rings. The summed E-state index contributed by atoms with van der Waals surface area (Å²) in [4.78, 5) is 17.0. The predicted molar refractivity (Wildman–Crippen MR) is 98.5 cm³/mol. The average Bonchev–Trinajstić information content (AvgIpc) is 3.10. The highest BCUT2D eigenvalue weighted by Crippen LogP contribution is 2.15. The Kier molecular flexibility index (Phi) is 4.88. The van der Waals surface area contributed by atoms with Gasteiger partial charge in [-0.25, -0.2) is 4.98 Å². The summed E-state index contributed by atoms with van der Waals surface area (Å²) in [5, 5.41) is 7.39. The van der Waals surface area contributed by atoms with Crippen molar-refractivity contribution in [3.8, 4) is 0 Å². The molecule has 6 nitrogen and oxygen atoms in total. The lowest BCUT2D eigenvalue weighted by molar-refractivity contribution is -0.124. The van der Waals surface area contributed by atoms with Gasteiger partial charge in [0.25, 0.3) is 0 Å². The fraction of sp³-hybridized carbons (Fsp3) is 0.421. The van der Waals surface area contributed by atoms with E-state index in [1.807, 2.05) is 52.1 Å². The van der Waals surface area contributed by atoms with E-state index in [1.165, 1.54) is 0 Å². The number of imidazole rings is 1. The Morgan fingerprint density at radius 3 is 2.72 bits per heavy atom. The molecule has 2 aromatic heterocycles. The van der Waals surface area contributed by atoms with E-state index in [4.69, 9.17) is 0 Å². The number of para-hydroxylation sites is 2. The Hall–Kier alpha value is -2.63. The zero-order chi connectivity index (χ0) is 18.0. The van der Waals surface area contributed by atoms with Crippen molar-refractivity contribution in [3.63, 3.8) is 0 Å². The van der Waals surface area contributed by atoms with Crippen LogP contribution in [0.5, 0.6) is 0 Å². The highest BCUT2D eigenvalue weighted by atomic mass is 16.2. The molecule has 1 aromatic carbocycles. The molecule has 3 rings (SSSR count). The number of nitrogens with zero attached hydrogens (tertiary/aromatic N) is 4. The molecule has 0 spiro atoms. The first-order valence-corrected chi connectivity index (χ1v) is 8.68. The summed E-state index contributed by atoms with van der Waals surface area (Å²) >= 11 is 0. The number of hydrogen-bond acceptors (Lipinski definition) is 3. The minimum atomic E-state index is -0.301. The number of carbonyl (C=O) groups excluding carboxylic acids is 1. The summed E-state index contributed by atoms with van der Waals surface area (Å²) < 4.78 is 3.89. The Bertz CT molecular complexity index is 892. The first kappa shape index (κ1) is 17.2. The molecule has 0 unspecified atom stereocenters. The minimum Gasteiger partial charge on any atom is -0.354 e. The molecule has 0 saturated heterocycles. The lowest BCUT2D eigenvalue weighted by Crippen LogP contribution is -2.32. The van der Waals surface area contributed by atoms with E-state index in [0.717, 1.165) is 41.1 Å². The maximum absolute atomic E-state index is 12.3. The van der Waals surface area contributed by atoms with E-state index in [0.29, 0.717) is 6.54 Å². The van der Waals surface area contributed by atoms with Crippen LogP contribution in [-0.2, 0) is 18.3 Å². The summed E-state index contributed by atoms with van der Waals surface area (Å²) in [6, 6.07) is 9.80. The summed E-state index contributed by atoms with van der Waals surface area (Å²) in [5.74, 6) is 1.04. The molecule has 3 aromatic rings. The Morgan fingerprint density at radius 2 is 2.04 bits per heavy atom. The minimum absolute atomic E-state index is 0.00352. The van der Waals surface area contributed by atoms with Crippen LogP contribution in [0.3, 0.4) is 0 Å². The van der Waals surface area contributed by atoms with E-state index in [-0.39, 0.29) is 11.9 Å². The van der Waals surface area contributed by atoms with Crippen molar-refractivity contribution in [2.75, 3.05) is 6.54 Å². The van der Waals surface area contributed by atoms with Crippen molar-refractivity contribution in [3.05, 3.63) is 47.5 Å². The quantitative estimate of drug-likeness (QED) is 0.702. The summed E-state index contributed by atoms with van der Waals surface area (Å²) in [5.41, 5.74) is 4.08. The van der Waals surface area contributed by atoms with Crippen molar-refractivity contribution < 1.29 is 4.79 Å². The number of benzene rings is 1. The van der Waals surface area contributed by atoms with Crippen LogP contribution in [0.25, 0.3) is 11.0 Å². The van der Waals surface area contributed by atoms with Gasteiger partial charge in [-0.15, -0.1) is 0 Å².